The van der Waals surface area contributed by atoms with Crippen molar-refractivity contribution < 1.29 is 32.1 Å². The van der Waals surface area contributed by atoms with E-state index in [0.29, 0.717) is 43.1 Å². The third kappa shape index (κ3) is 9.90. The molecule has 0 amide bonds. The number of hydrogen-bond acceptors (Lipinski definition) is 4. The summed E-state index contributed by atoms with van der Waals surface area (Å²) in [4.78, 5) is 0. The van der Waals surface area contributed by atoms with Crippen LogP contribution in [0.5, 0.6) is 0 Å². The molecule has 244 valence electrons. The summed E-state index contributed by atoms with van der Waals surface area (Å²) in [6.45, 7) is 1.42. The van der Waals surface area contributed by atoms with Gasteiger partial charge in [-0.3, -0.25) is 0 Å². The fourth-order valence-electron chi connectivity index (χ4n) is 5.72. The molecule has 0 aromatic heterocycles. The molecule has 2 unspecified atom stereocenters. The predicted molar refractivity (Wildman–Crippen MR) is 174 cm³/mol. The first-order valence-corrected chi connectivity index (χ1v) is 16.1. The Kier molecular flexibility index (Phi) is 11.9. The van der Waals surface area contributed by atoms with Gasteiger partial charge in [0.05, 0.1) is 25.9 Å². The summed E-state index contributed by atoms with van der Waals surface area (Å²) < 4.78 is 63.7. The molecule has 2 atom stereocenters. The van der Waals surface area contributed by atoms with Gasteiger partial charge in [-0.25, -0.2) is 0 Å². The van der Waals surface area contributed by atoms with E-state index in [1.165, 1.54) is 5.56 Å². The van der Waals surface area contributed by atoms with Crippen LogP contribution in [0.2, 0.25) is 5.02 Å². The molecule has 8 heteroatoms. The summed E-state index contributed by atoms with van der Waals surface area (Å²) in [6, 6.07) is 31.8. The van der Waals surface area contributed by atoms with Crippen molar-refractivity contribution in [2.45, 2.75) is 76.9 Å². The van der Waals surface area contributed by atoms with Gasteiger partial charge in [0.25, 0.3) is 0 Å². The second kappa shape index (κ2) is 16.1. The van der Waals surface area contributed by atoms with E-state index in [0.717, 1.165) is 40.7 Å². The van der Waals surface area contributed by atoms with Crippen LogP contribution in [0, 0.1) is 0 Å². The topological polar surface area (TPSA) is 36.9 Å². The second-order valence-corrected chi connectivity index (χ2v) is 12.2. The molecule has 5 rings (SSSR count). The Bertz CT molecular complexity index is 1510. The summed E-state index contributed by atoms with van der Waals surface area (Å²) in [7, 11) is 0. The molecule has 46 heavy (non-hydrogen) atoms. The molecule has 0 bridgehead atoms. The van der Waals surface area contributed by atoms with E-state index in [1.807, 2.05) is 66.7 Å². The van der Waals surface area contributed by atoms with Crippen LogP contribution in [0.4, 0.5) is 13.2 Å². The number of ether oxygens (including phenoxy) is 4. The average molecular weight is 653 g/mol. The van der Waals surface area contributed by atoms with Gasteiger partial charge >= 0.3 is 6.18 Å². The monoisotopic (exact) mass is 652 g/mol. The number of aryl methyl sites for hydroxylation is 1. The van der Waals surface area contributed by atoms with Crippen molar-refractivity contribution in [3.8, 4) is 0 Å². The number of halogens is 4. The van der Waals surface area contributed by atoms with Crippen molar-refractivity contribution in [2.24, 2.45) is 0 Å². The standard InChI is InChI=1S/C38H40ClF3O4/c1-2-28-15-17-29(18-16-28)20-32-21-34(33(22-35(32)39)25-44-27-38(40,41)42)36-14-9-19-37(46-36,45-24-31-12-7-4-8-13-31)26-43-23-30-10-5-3-6-11-30/h3-8,10-13,15-18,21-22,36H,2,9,14,19-20,23-27H2,1H3. The molecule has 1 heterocycles. The van der Waals surface area contributed by atoms with E-state index < -0.39 is 24.7 Å². The highest BCUT2D eigenvalue weighted by molar-refractivity contribution is 6.31. The van der Waals surface area contributed by atoms with E-state index in [1.54, 1.807) is 6.07 Å². The first-order chi connectivity index (χ1) is 22.2. The van der Waals surface area contributed by atoms with E-state index in [4.69, 9.17) is 30.5 Å². The highest BCUT2D eigenvalue weighted by Crippen LogP contribution is 2.42. The molecule has 1 aliphatic heterocycles. The maximum Gasteiger partial charge on any atom is 0.411 e. The zero-order valence-electron chi connectivity index (χ0n) is 26.0. The molecular weight excluding hydrogens is 613 g/mol. The van der Waals surface area contributed by atoms with Gasteiger partial charge in [0.2, 0.25) is 0 Å². The summed E-state index contributed by atoms with van der Waals surface area (Å²) in [5.74, 6) is -1.06. The number of alkyl halides is 3. The minimum atomic E-state index is -4.44. The minimum absolute atomic E-state index is 0.190. The van der Waals surface area contributed by atoms with Crippen LogP contribution in [0.1, 0.15) is 71.2 Å². The summed E-state index contributed by atoms with van der Waals surface area (Å²) in [5, 5.41) is 0.475. The lowest BCUT2D eigenvalue weighted by Crippen LogP contribution is -2.44. The Morgan fingerprint density at radius 2 is 1.43 bits per heavy atom. The molecule has 0 spiro atoms. The van der Waals surface area contributed by atoms with E-state index >= 15 is 0 Å². The summed E-state index contributed by atoms with van der Waals surface area (Å²) >= 11 is 6.75. The van der Waals surface area contributed by atoms with Crippen LogP contribution < -0.4 is 0 Å². The molecular formula is C38H40ClF3O4. The molecule has 0 saturated carbocycles. The van der Waals surface area contributed by atoms with Gasteiger partial charge in [0, 0.05) is 11.4 Å². The second-order valence-electron chi connectivity index (χ2n) is 11.8. The van der Waals surface area contributed by atoms with Crippen molar-refractivity contribution in [1.29, 1.82) is 0 Å². The van der Waals surface area contributed by atoms with Gasteiger partial charge < -0.3 is 18.9 Å². The quantitative estimate of drug-likeness (QED) is 0.136. The fourth-order valence-corrected chi connectivity index (χ4v) is 5.98. The van der Waals surface area contributed by atoms with Gasteiger partial charge in [-0.05, 0) is 70.7 Å². The molecule has 0 radical (unpaired) electrons. The molecule has 0 N–H and O–H groups in total. The Morgan fingerprint density at radius 1 is 0.783 bits per heavy atom. The maximum atomic E-state index is 13.0. The van der Waals surface area contributed by atoms with Crippen molar-refractivity contribution in [3.63, 3.8) is 0 Å². The van der Waals surface area contributed by atoms with Crippen molar-refractivity contribution in [2.75, 3.05) is 13.2 Å². The van der Waals surface area contributed by atoms with Crippen LogP contribution in [-0.4, -0.2) is 25.2 Å². The third-order valence-electron chi connectivity index (χ3n) is 8.16. The minimum Gasteiger partial charge on any atom is -0.371 e. The predicted octanol–water partition coefficient (Wildman–Crippen LogP) is 9.94. The normalized spacial score (nSPS) is 18.5. The van der Waals surface area contributed by atoms with Crippen LogP contribution >= 0.6 is 11.6 Å². The Labute approximate surface area is 274 Å². The lowest BCUT2D eigenvalue weighted by Gasteiger charge is -2.41. The van der Waals surface area contributed by atoms with Crippen molar-refractivity contribution in [1.82, 2.24) is 0 Å². The lowest BCUT2D eigenvalue weighted by molar-refractivity contribution is -0.307. The first kappa shape index (κ1) is 34.1. The van der Waals surface area contributed by atoms with Crippen LogP contribution in [0.25, 0.3) is 0 Å². The Morgan fingerprint density at radius 3 is 2.09 bits per heavy atom. The molecule has 1 fully saturated rings. The zero-order chi connectivity index (χ0) is 32.4. The van der Waals surface area contributed by atoms with E-state index in [-0.39, 0.29) is 13.2 Å². The van der Waals surface area contributed by atoms with Gasteiger partial charge in [0.1, 0.15) is 13.2 Å². The largest absolute Gasteiger partial charge is 0.411 e. The lowest BCUT2D eigenvalue weighted by atomic mass is 9.91. The smallest absolute Gasteiger partial charge is 0.371 e. The average Bonchev–Trinajstić information content (AvgIpc) is 3.06. The molecule has 4 aromatic rings. The maximum absolute atomic E-state index is 13.0. The highest BCUT2D eigenvalue weighted by atomic mass is 35.5. The number of benzene rings is 4. The third-order valence-corrected chi connectivity index (χ3v) is 8.52. The Hall–Kier alpha value is -3.20. The van der Waals surface area contributed by atoms with Gasteiger partial charge in [-0.15, -0.1) is 0 Å². The molecule has 1 aliphatic rings. The first-order valence-electron chi connectivity index (χ1n) is 15.7. The van der Waals surface area contributed by atoms with Crippen molar-refractivity contribution in [3.05, 3.63) is 141 Å². The summed E-state index contributed by atoms with van der Waals surface area (Å²) in [5.41, 5.74) is 6.54. The molecule has 1 saturated heterocycles. The van der Waals surface area contributed by atoms with Crippen LogP contribution in [0.3, 0.4) is 0 Å². The SMILES string of the molecule is CCc1ccc(Cc2cc(C3CCCC(COCc4ccccc4)(OCc4ccccc4)O3)c(COCC(F)(F)F)cc2Cl)cc1. The van der Waals surface area contributed by atoms with Crippen LogP contribution in [-0.2, 0) is 51.6 Å². The Balaban J connectivity index is 1.42. The van der Waals surface area contributed by atoms with E-state index in [9.17, 15) is 13.2 Å². The van der Waals surface area contributed by atoms with Crippen molar-refractivity contribution >= 4 is 11.6 Å². The number of rotatable bonds is 14. The molecule has 0 aliphatic carbocycles. The van der Waals surface area contributed by atoms with Gasteiger partial charge in [-0.1, -0.05) is 110 Å². The van der Waals surface area contributed by atoms with Gasteiger partial charge in [0.15, 0.2) is 5.79 Å². The summed E-state index contributed by atoms with van der Waals surface area (Å²) in [6.07, 6.45) is -1.35. The van der Waals surface area contributed by atoms with Gasteiger partial charge in [-0.2, -0.15) is 13.2 Å². The number of hydrogen-bond donors (Lipinski definition) is 0. The molecule has 4 nitrogen and oxygen atoms in total. The van der Waals surface area contributed by atoms with E-state index in [2.05, 4.69) is 31.2 Å². The molecule has 4 aromatic carbocycles. The fraction of sp³-hybridized carbons (Fsp3) is 0.368. The highest BCUT2D eigenvalue weighted by Gasteiger charge is 2.40. The van der Waals surface area contributed by atoms with Crippen LogP contribution in [0.15, 0.2) is 97.1 Å². The zero-order valence-corrected chi connectivity index (χ0v) is 26.8.